The Morgan fingerprint density at radius 2 is 0.640 bits per heavy atom. The minimum Gasteiger partial charge on any atom is -0.372 e. The molecule has 6 aromatic carbocycles. The van der Waals surface area contributed by atoms with Gasteiger partial charge < -0.3 is 9.80 Å². The van der Waals surface area contributed by atoms with Gasteiger partial charge in [0, 0.05) is 37.6 Å². The molecule has 2 nitrogen and oxygen atoms in total. The molecule has 0 aliphatic heterocycles. The molecule has 0 radical (unpaired) electrons. The van der Waals surface area contributed by atoms with Crippen molar-refractivity contribution >= 4 is 11.4 Å². The van der Waals surface area contributed by atoms with Gasteiger partial charge in [0.15, 0.2) is 0 Å². The molecule has 0 aromatic heterocycles. The van der Waals surface area contributed by atoms with Gasteiger partial charge in [0.05, 0.1) is 10.8 Å². The largest absolute Gasteiger partial charge is 0.372 e. The van der Waals surface area contributed by atoms with E-state index in [1.165, 1.54) is 55.9 Å². The van der Waals surface area contributed by atoms with Crippen LogP contribution in [0.5, 0.6) is 0 Å². The fourth-order valence-corrected chi connectivity index (χ4v) is 8.69. The van der Waals surface area contributed by atoms with Gasteiger partial charge in [-0.2, -0.15) is 0 Å². The number of benzene rings is 6. The summed E-state index contributed by atoms with van der Waals surface area (Å²) >= 11 is 0. The van der Waals surface area contributed by atoms with Gasteiger partial charge in [-0.05, 0) is 110 Å². The Morgan fingerprint density at radius 1 is 0.360 bits per heavy atom. The first-order valence-electron chi connectivity index (χ1n) is 18.4. The number of hydrogen-bond acceptors (Lipinski definition) is 2. The molecule has 0 aliphatic carbocycles. The van der Waals surface area contributed by atoms with Crippen LogP contribution in [0, 0.1) is 13.8 Å². The molecule has 0 spiro atoms. The quantitative estimate of drug-likeness (QED) is 0.114. The van der Waals surface area contributed by atoms with E-state index in [2.05, 4.69) is 209 Å². The van der Waals surface area contributed by atoms with Crippen LogP contribution < -0.4 is 9.80 Å². The summed E-state index contributed by atoms with van der Waals surface area (Å²) in [5.74, 6) is 0. The first-order valence-corrected chi connectivity index (χ1v) is 18.4. The summed E-state index contributed by atoms with van der Waals surface area (Å²) in [5.41, 5.74) is 11.3. The lowest BCUT2D eigenvalue weighted by Crippen LogP contribution is -2.53. The van der Waals surface area contributed by atoms with Crippen molar-refractivity contribution in [3.05, 3.63) is 202 Å². The molecule has 0 N–H and O–H groups in total. The van der Waals surface area contributed by atoms with Crippen LogP contribution in [0.3, 0.4) is 0 Å². The van der Waals surface area contributed by atoms with Crippen LogP contribution in [0.4, 0.5) is 11.4 Å². The van der Waals surface area contributed by atoms with Crippen LogP contribution in [0.2, 0.25) is 0 Å². The number of rotatable bonds is 13. The van der Waals surface area contributed by atoms with Crippen LogP contribution in [0.15, 0.2) is 158 Å². The van der Waals surface area contributed by atoms with Gasteiger partial charge in [-0.25, -0.2) is 0 Å². The van der Waals surface area contributed by atoms with E-state index in [4.69, 9.17) is 0 Å². The Morgan fingerprint density at radius 3 is 0.900 bits per heavy atom. The highest BCUT2D eigenvalue weighted by Crippen LogP contribution is 2.61. The average Bonchev–Trinajstić information content (AvgIpc) is 3.17. The van der Waals surface area contributed by atoms with Crippen molar-refractivity contribution in [1.29, 1.82) is 0 Å². The molecule has 2 heteroatoms. The molecule has 254 valence electrons. The molecule has 6 aromatic rings. The summed E-state index contributed by atoms with van der Waals surface area (Å²) in [7, 11) is 0. The SMILES string of the molecule is CCN(CC)c1ccc(C(c2ccccc2)(c2ccc(N(CC)CC)cc2C)C(c2ccccc2)(c2ccccc2)c2ccccc2)c(C)c1. The molecule has 0 heterocycles. The topological polar surface area (TPSA) is 6.48 Å². The van der Waals surface area contributed by atoms with Crippen molar-refractivity contribution in [2.24, 2.45) is 0 Å². The van der Waals surface area contributed by atoms with Crippen LogP contribution in [0.1, 0.15) is 72.2 Å². The van der Waals surface area contributed by atoms with E-state index in [9.17, 15) is 0 Å². The molecule has 0 fully saturated rings. The molecule has 0 aliphatic rings. The lowest BCUT2D eigenvalue weighted by molar-refractivity contribution is 0.416. The second-order valence-corrected chi connectivity index (χ2v) is 13.3. The maximum absolute atomic E-state index is 2.45. The molecule has 0 bridgehead atoms. The first-order chi connectivity index (χ1) is 24.5. The van der Waals surface area contributed by atoms with Gasteiger partial charge in [-0.3, -0.25) is 0 Å². The second-order valence-electron chi connectivity index (χ2n) is 13.3. The van der Waals surface area contributed by atoms with Gasteiger partial charge in [-0.1, -0.05) is 133 Å². The number of nitrogens with zero attached hydrogens (tertiary/aromatic N) is 2. The van der Waals surface area contributed by atoms with E-state index in [-0.39, 0.29) is 0 Å². The summed E-state index contributed by atoms with van der Waals surface area (Å²) in [4.78, 5) is 4.90. The van der Waals surface area contributed by atoms with Gasteiger partial charge in [-0.15, -0.1) is 0 Å². The van der Waals surface area contributed by atoms with Crippen LogP contribution in [-0.2, 0) is 10.8 Å². The Labute approximate surface area is 301 Å². The fourth-order valence-electron chi connectivity index (χ4n) is 8.69. The molecular weight excluding hydrogens is 605 g/mol. The van der Waals surface area contributed by atoms with E-state index in [0.717, 1.165) is 26.2 Å². The molecule has 0 amide bonds. The van der Waals surface area contributed by atoms with E-state index >= 15 is 0 Å². The highest BCUT2D eigenvalue weighted by Gasteiger charge is 2.58. The van der Waals surface area contributed by atoms with E-state index in [1.54, 1.807) is 0 Å². The number of hydrogen-bond donors (Lipinski definition) is 0. The van der Waals surface area contributed by atoms with Gasteiger partial charge in [0.2, 0.25) is 0 Å². The molecule has 0 saturated carbocycles. The fraction of sp³-hybridized carbons (Fsp3) is 0.250. The van der Waals surface area contributed by atoms with Crippen molar-refractivity contribution in [2.45, 2.75) is 52.4 Å². The van der Waals surface area contributed by atoms with Crippen molar-refractivity contribution in [2.75, 3.05) is 36.0 Å². The predicted octanol–water partition coefficient (Wildman–Crippen LogP) is 11.4. The summed E-state index contributed by atoms with van der Waals surface area (Å²) < 4.78 is 0. The minimum absolute atomic E-state index is 0.679. The zero-order chi connectivity index (χ0) is 35.1. The summed E-state index contributed by atoms with van der Waals surface area (Å²) in [6.45, 7) is 17.5. The third kappa shape index (κ3) is 5.81. The van der Waals surface area contributed by atoms with Crippen molar-refractivity contribution in [3.63, 3.8) is 0 Å². The zero-order valence-electron chi connectivity index (χ0n) is 30.7. The van der Waals surface area contributed by atoms with Gasteiger partial charge >= 0.3 is 0 Å². The van der Waals surface area contributed by atoms with Crippen molar-refractivity contribution < 1.29 is 0 Å². The van der Waals surface area contributed by atoms with Crippen LogP contribution in [0.25, 0.3) is 0 Å². The van der Waals surface area contributed by atoms with E-state index < -0.39 is 10.8 Å². The molecule has 6 rings (SSSR count). The summed E-state index contributed by atoms with van der Waals surface area (Å²) in [5, 5.41) is 0. The summed E-state index contributed by atoms with van der Waals surface area (Å²) in [6, 6.07) is 59.5. The number of aryl methyl sites for hydroxylation is 2. The Balaban J connectivity index is 1.91. The molecule has 0 atom stereocenters. The van der Waals surface area contributed by atoms with Gasteiger partial charge in [0.1, 0.15) is 0 Å². The third-order valence-corrected chi connectivity index (χ3v) is 10.9. The predicted molar refractivity (Wildman–Crippen MR) is 215 cm³/mol. The monoisotopic (exact) mass is 656 g/mol. The smallest absolute Gasteiger partial charge is 0.0634 e. The maximum atomic E-state index is 2.45. The summed E-state index contributed by atoms with van der Waals surface area (Å²) in [6.07, 6.45) is 0. The average molecular weight is 657 g/mol. The van der Waals surface area contributed by atoms with Crippen LogP contribution >= 0.6 is 0 Å². The van der Waals surface area contributed by atoms with Crippen molar-refractivity contribution in [3.8, 4) is 0 Å². The first kappa shape index (κ1) is 34.8. The second kappa shape index (κ2) is 15.2. The minimum atomic E-state index is -0.698. The lowest BCUT2D eigenvalue weighted by atomic mass is 9.46. The highest BCUT2D eigenvalue weighted by atomic mass is 15.1. The maximum Gasteiger partial charge on any atom is 0.0634 e. The normalized spacial score (nSPS) is 11.7. The molecular formula is C48H52N2. The van der Waals surface area contributed by atoms with Crippen molar-refractivity contribution in [1.82, 2.24) is 0 Å². The molecule has 50 heavy (non-hydrogen) atoms. The Hall–Kier alpha value is -5.08. The molecule has 0 saturated heterocycles. The molecule has 0 unspecified atom stereocenters. The standard InChI is InChI=1S/C48H52N2/c1-7-49(8-2)43-31-33-45(37(5)35-43)48(42-29-21-14-22-30-42,46-34-32-44(36-38(46)6)50(9-3)10-4)47(39-23-15-11-16-24-39,40-25-17-12-18-26-40)41-27-19-13-20-28-41/h11-36H,7-10H2,1-6H3. The number of anilines is 2. The van der Waals surface area contributed by atoms with Crippen LogP contribution in [-0.4, -0.2) is 26.2 Å². The Kier molecular flexibility index (Phi) is 10.6. The third-order valence-electron chi connectivity index (χ3n) is 10.9. The van der Waals surface area contributed by atoms with Gasteiger partial charge in [0.25, 0.3) is 0 Å². The Bertz CT molecular complexity index is 1800. The van der Waals surface area contributed by atoms with E-state index in [1.807, 2.05) is 0 Å². The zero-order valence-corrected chi connectivity index (χ0v) is 30.7. The lowest BCUT2D eigenvalue weighted by Gasteiger charge is -2.54. The highest BCUT2D eigenvalue weighted by molar-refractivity contribution is 5.71. The van der Waals surface area contributed by atoms with E-state index in [0.29, 0.717) is 0 Å².